The molecular formula is C12H15BFNO3. The molecule has 0 amide bonds. The Morgan fingerprint density at radius 2 is 1.83 bits per heavy atom. The Bertz CT molecular complexity index is 474. The van der Waals surface area contributed by atoms with Gasteiger partial charge in [-0.05, 0) is 33.8 Å². The van der Waals surface area contributed by atoms with Gasteiger partial charge >= 0.3 is 7.12 Å². The van der Waals surface area contributed by atoms with E-state index < -0.39 is 24.3 Å². The molecule has 1 saturated heterocycles. The van der Waals surface area contributed by atoms with Crippen LogP contribution in [-0.2, 0) is 9.31 Å². The summed E-state index contributed by atoms with van der Waals surface area (Å²) in [4.78, 5) is 14.5. The number of carbonyl (C=O) groups excluding carboxylic acids is 1. The molecule has 96 valence electrons. The largest absolute Gasteiger partial charge is 0.500 e. The zero-order valence-corrected chi connectivity index (χ0v) is 10.9. The van der Waals surface area contributed by atoms with Crippen LogP contribution in [0.15, 0.2) is 12.3 Å². The topological polar surface area (TPSA) is 48.4 Å². The molecule has 1 aromatic rings. The third-order valence-electron chi connectivity index (χ3n) is 3.59. The summed E-state index contributed by atoms with van der Waals surface area (Å²) < 4.78 is 25.2. The Morgan fingerprint density at radius 3 is 2.33 bits per heavy atom. The highest BCUT2D eigenvalue weighted by Gasteiger charge is 2.53. The lowest BCUT2D eigenvalue weighted by Gasteiger charge is -2.32. The molecule has 0 unspecified atom stereocenters. The molecule has 0 aromatic carbocycles. The maximum Gasteiger partial charge on any atom is 0.500 e. The van der Waals surface area contributed by atoms with Gasteiger partial charge in [-0.1, -0.05) is 0 Å². The third-order valence-corrected chi connectivity index (χ3v) is 3.59. The molecule has 0 spiro atoms. The van der Waals surface area contributed by atoms with Crippen molar-refractivity contribution in [3.63, 3.8) is 0 Å². The van der Waals surface area contributed by atoms with Crippen LogP contribution >= 0.6 is 0 Å². The highest BCUT2D eigenvalue weighted by molar-refractivity contribution is 6.63. The first kappa shape index (κ1) is 13.2. The molecule has 0 saturated carbocycles. The summed E-state index contributed by atoms with van der Waals surface area (Å²) in [7, 11) is -0.913. The van der Waals surface area contributed by atoms with Crippen molar-refractivity contribution >= 4 is 18.9 Å². The summed E-state index contributed by atoms with van der Waals surface area (Å²) in [6.45, 7) is 7.45. The van der Waals surface area contributed by atoms with Gasteiger partial charge in [0.15, 0.2) is 0 Å². The van der Waals surface area contributed by atoms with Crippen molar-refractivity contribution in [2.45, 2.75) is 38.9 Å². The molecular weight excluding hydrogens is 236 g/mol. The summed E-state index contributed by atoms with van der Waals surface area (Å²) in [5, 5.41) is 0. The Balaban J connectivity index is 2.44. The highest BCUT2D eigenvalue weighted by atomic mass is 19.1. The lowest BCUT2D eigenvalue weighted by molar-refractivity contribution is 0.00578. The number of nitrogens with zero attached hydrogens (tertiary/aromatic N) is 1. The lowest BCUT2D eigenvalue weighted by Crippen LogP contribution is -2.41. The lowest BCUT2D eigenvalue weighted by atomic mass is 9.77. The molecule has 2 rings (SSSR count). The predicted octanol–water partition coefficient (Wildman–Crippen LogP) is 1.33. The minimum absolute atomic E-state index is 0.0613. The number of halogens is 1. The van der Waals surface area contributed by atoms with E-state index in [1.165, 1.54) is 12.3 Å². The average molecular weight is 251 g/mol. The van der Waals surface area contributed by atoms with Gasteiger partial charge in [-0.25, -0.2) is 4.98 Å². The van der Waals surface area contributed by atoms with Gasteiger partial charge in [-0.3, -0.25) is 4.79 Å². The van der Waals surface area contributed by atoms with Crippen molar-refractivity contribution in [3.8, 4) is 0 Å². The van der Waals surface area contributed by atoms with Crippen molar-refractivity contribution in [2.24, 2.45) is 0 Å². The van der Waals surface area contributed by atoms with Gasteiger partial charge in [-0.15, -0.1) is 0 Å². The monoisotopic (exact) mass is 251 g/mol. The normalized spacial score (nSPS) is 21.1. The zero-order valence-electron chi connectivity index (χ0n) is 10.9. The second kappa shape index (κ2) is 4.14. The smallest absolute Gasteiger partial charge is 0.399 e. The van der Waals surface area contributed by atoms with Crippen molar-refractivity contribution in [3.05, 3.63) is 23.8 Å². The molecule has 1 aliphatic heterocycles. The van der Waals surface area contributed by atoms with Gasteiger partial charge in [-0.2, -0.15) is 4.39 Å². The first-order chi connectivity index (χ1) is 8.28. The Hall–Kier alpha value is -1.27. The van der Waals surface area contributed by atoms with E-state index in [2.05, 4.69) is 4.98 Å². The molecule has 0 bridgehead atoms. The van der Waals surface area contributed by atoms with Crippen LogP contribution in [0.2, 0.25) is 0 Å². The minimum Gasteiger partial charge on any atom is -0.399 e. The van der Waals surface area contributed by atoms with Gasteiger partial charge < -0.3 is 9.31 Å². The maximum absolute atomic E-state index is 13.8. The molecule has 18 heavy (non-hydrogen) atoms. The molecule has 2 heterocycles. The molecule has 1 fully saturated rings. The van der Waals surface area contributed by atoms with E-state index in [-0.39, 0.29) is 11.0 Å². The van der Waals surface area contributed by atoms with E-state index in [0.717, 1.165) is 0 Å². The molecule has 1 aliphatic rings. The SMILES string of the molecule is CC1(C)OB(c2c(C=O)ccnc2F)OC1(C)C. The van der Waals surface area contributed by atoms with E-state index in [1.54, 1.807) is 0 Å². The number of aromatic nitrogens is 1. The fourth-order valence-electron chi connectivity index (χ4n) is 1.76. The maximum atomic E-state index is 13.8. The van der Waals surface area contributed by atoms with Gasteiger partial charge in [0.25, 0.3) is 0 Å². The fraction of sp³-hybridized carbons (Fsp3) is 0.500. The Kier molecular flexibility index (Phi) is 3.03. The van der Waals surface area contributed by atoms with E-state index in [4.69, 9.17) is 9.31 Å². The van der Waals surface area contributed by atoms with Crippen molar-refractivity contribution in [1.82, 2.24) is 4.98 Å². The van der Waals surface area contributed by atoms with Crippen molar-refractivity contribution < 1.29 is 18.5 Å². The third kappa shape index (κ3) is 1.95. The second-order valence-corrected chi connectivity index (χ2v) is 5.31. The van der Waals surface area contributed by atoms with Crippen molar-refractivity contribution in [1.29, 1.82) is 0 Å². The van der Waals surface area contributed by atoms with Crippen molar-refractivity contribution in [2.75, 3.05) is 0 Å². The Morgan fingerprint density at radius 1 is 1.28 bits per heavy atom. The number of hydrogen-bond acceptors (Lipinski definition) is 4. The van der Waals surface area contributed by atoms with Gasteiger partial charge in [0.2, 0.25) is 5.95 Å². The van der Waals surface area contributed by atoms with Crippen LogP contribution in [0.5, 0.6) is 0 Å². The summed E-state index contributed by atoms with van der Waals surface area (Å²) in [6.07, 6.45) is 1.82. The number of rotatable bonds is 2. The molecule has 6 heteroatoms. The number of aldehydes is 1. The fourth-order valence-corrected chi connectivity index (χ4v) is 1.76. The predicted molar refractivity (Wildman–Crippen MR) is 65.3 cm³/mol. The van der Waals surface area contributed by atoms with Crippen LogP contribution < -0.4 is 5.46 Å². The standard InChI is InChI=1S/C12H15BFNO3/c1-11(2)12(3,4)18-13(17-11)9-8(7-16)5-6-15-10(9)14/h5-7H,1-4H3. The summed E-state index contributed by atoms with van der Waals surface area (Å²) >= 11 is 0. The van der Waals surface area contributed by atoms with E-state index >= 15 is 0 Å². The van der Waals surface area contributed by atoms with Gasteiger partial charge in [0.05, 0.1) is 11.2 Å². The van der Waals surface area contributed by atoms with Gasteiger partial charge in [0, 0.05) is 17.2 Å². The van der Waals surface area contributed by atoms with Crippen LogP contribution in [0.4, 0.5) is 4.39 Å². The number of hydrogen-bond donors (Lipinski definition) is 0. The first-order valence-corrected chi connectivity index (χ1v) is 5.74. The van der Waals surface area contributed by atoms with Crippen LogP contribution in [0.25, 0.3) is 0 Å². The minimum atomic E-state index is -0.913. The zero-order chi connectivity index (χ0) is 13.6. The quantitative estimate of drug-likeness (QED) is 0.452. The van der Waals surface area contributed by atoms with Crippen LogP contribution in [0.3, 0.4) is 0 Å². The molecule has 0 aliphatic carbocycles. The average Bonchev–Trinajstić information content (AvgIpc) is 2.47. The summed E-state index contributed by atoms with van der Waals surface area (Å²) in [5.41, 5.74) is -0.910. The van der Waals surface area contributed by atoms with Crippen LogP contribution in [0, 0.1) is 5.95 Å². The summed E-state index contributed by atoms with van der Waals surface area (Å²) in [6, 6.07) is 1.44. The molecule has 0 radical (unpaired) electrons. The van der Waals surface area contributed by atoms with E-state index in [0.29, 0.717) is 6.29 Å². The number of pyridine rings is 1. The van der Waals surface area contributed by atoms with Gasteiger partial charge in [0.1, 0.15) is 6.29 Å². The molecule has 1 aromatic heterocycles. The van der Waals surface area contributed by atoms with E-state index in [1.807, 2.05) is 27.7 Å². The van der Waals surface area contributed by atoms with Crippen LogP contribution in [-0.4, -0.2) is 29.6 Å². The Labute approximate surface area is 106 Å². The van der Waals surface area contributed by atoms with Crippen LogP contribution in [0.1, 0.15) is 38.1 Å². The highest BCUT2D eigenvalue weighted by Crippen LogP contribution is 2.36. The summed E-state index contributed by atoms with van der Waals surface area (Å²) in [5.74, 6) is -0.738. The molecule has 0 N–H and O–H groups in total. The van der Waals surface area contributed by atoms with E-state index in [9.17, 15) is 9.18 Å². The second-order valence-electron chi connectivity index (χ2n) is 5.31. The number of carbonyl (C=O) groups is 1. The molecule has 0 atom stereocenters. The molecule has 4 nitrogen and oxygen atoms in total. The first-order valence-electron chi connectivity index (χ1n) is 5.74.